The van der Waals surface area contributed by atoms with Crippen molar-refractivity contribution < 1.29 is 74.1 Å². The molecule has 16 heteroatoms. The van der Waals surface area contributed by atoms with Crippen LogP contribution in [0.3, 0.4) is 0 Å². The van der Waals surface area contributed by atoms with Crippen molar-refractivity contribution in [3.05, 3.63) is 46.8 Å². The molecule has 2 aliphatic rings. The second kappa shape index (κ2) is 12.8. The van der Waals surface area contributed by atoms with Crippen LogP contribution in [-0.4, -0.2) is 128 Å². The summed E-state index contributed by atoms with van der Waals surface area (Å²) in [4.78, 5) is 13.2. The second-order valence-electron chi connectivity index (χ2n) is 10.3. The van der Waals surface area contributed by atoms with Crippen molar-refractivity contribution in [1.29, 1.82) is 0 Å². The number of phenolic OH excluding ortho intramolecular Hbond substituents is 2. The lowest BCUT2D eigenvalue weighted by Crippen LogP contribution is -2.62. The minimum atomic E-state index is -1.75. The Hall–Kier alpha value is -3.55. The summed E-state index contributed by atoms with van der Waals surface area (Å²) in [7, 11) is 1.22. The number of ether oxygens (including phenoxy) is 5. The summed E-state index contributed by atoms with van der Waals surface area (Å²) in [5.74, 6) is -1.18. The summed E-state index contributed by atoms with van der Waals surface area (Å²) in [6.07, 6.45) is -14.6. The van der Waals surface area contributed by atoms with E-state index in [0.29, 0.717) is 5.56 Å². The van der Waals surface area contributed by atoms with Gasteiger partial charge < -0.3 is 74.1 Å². The Kier molecular flexibility index (Phi) is 9.28. The predicted molar refractivity (Wildman–Crippen MR) is 145 cm³/mol. The lowest BCUT2D eigenvalue weighted by molar-refractivity contribution is -0.323. The van der Waals surface area contributed by atoms with Crippen molar-refractivity contribution in [2.75, 3.05) is 20.3 Å². The molecular formula is C28H32O16. The van der Waals surface area contributed by atoms with Crippen LogP contribution in [0.4, 0.5) is 0 Å². The first-order valence-corrected chi connectivity index (χ1v) is 13.4. The molecule has 3 aromatic rings. The number of rotatable bonds is 8. The zero-order valence-electron chi connectivity index (χ0n) is 23.0. The topological polar surface area (TPSA) is 258 Å². The van der Waals surface area contributed by atoms with Crippen molar-refractivity contribution in [3.63, 3.8) is 0 Å². The molecule has 3 heterocycles. The normalized spacial score (nSPS) is 32.5. The molecule has 240 valence electrons. The number of benzene rings is 2. The quantitative estimate of drug-likeness (QED) is 0.130. The van der Waals surface area contributed by atoms with E-state index in [1.54, 1.807) is 0 Å². The highest BCUT2D eigenvalue weighted by molar-refractivity contribution is 5.91. The second-order valence-corrected chi connectivity index (χ2v) is 10.3. The van der Waals surface area contributed by atoms with Crippen LogP contribution in [0.5, 0.6) is 23.0 Å². The maximum Gasteiger partial charge on any atom is 0.229 e. The Bertz CT molecular complexity index is 1510. The summed E-state index contributed by atoms with van der Waals surface area (Å²) >= 11 is 0. The number of aliphatic hydroxyl groups excluding tert-OH is 7. The largest absolute Gasteiger partial charge is 0.504 e. The van der Waals surface area contributed by atoms with Gasteiger partial charge in [0, 0.05) is 6.07 Å². The first-order valence-electron chi connectivity index (χ1n) is 13.4. The summed E-state index contributed by atoms with van der Waals surface area (Å²) < 4.78 is 32.4. The third-order valence-electron chi connectivity index (χ3n) is 7.54. The Balaban J connectivity index is 1.29. The number of hydrogen-bond acceptors (Lipinski definition) is 16. The van der Waals surface area contributed by atoms with Gasteiger partial charge in [-0.1, -0.05) is 12.1 Å². The van der Waals surface area contributed by atoms with Gasteiger partial charge in [0.2, 0.25) is 17.5 Å². The molecule has 0 spiro atoms. The molecule has 0 radical (unpaired) electrons. The Labute approximate surface area is 248 Å². The number of methoxy groups -OCH3 is 1. The van der Waals surface area contributed by atoms with Crippen LogP contribution in [0, 0.1) is 0 Å². The van der Waals surface area contributed by atoms with Crippen molar-refractivity contribution in [2.45, 2.75) is 61.4 Å². The molecule has 2 saturated heterocycles. The molecule has 10 atom stereocenters. The number of hydrogen-bond donors (Lipinski definition) is 9. The predicted octanol–water partition coefficient (Wildman–Crippen LogP) is -2.12. The van der Waals surface area contributed by atoms with Gasteiger partial charge in [0.05, 0.1) is 25.9 Å². The highest BCUT2D eigenvalue weighted by Gasteiger charge is 2.47. The van der Waals surface area contributed by atoms with Gasteiger partial charge in [-0.05, 0) is 17.7 Å². The first kappa shape index (κ1) is 31.9. The van der Waals surface area contributed by atoms with Crippen LogP contribution in [0.1, 0.15) is 0 Å². The van der Waals surface area contributed by atoms with E-state index >= 15 is 0 Å². The van der Waals surface area contributed by atoms with Gasteiger partial charge in [0.25, 0.3) is 0 Å². The molecule has 16 nitrogen and oxygen atoms in total. The molecule has 2 fully saturated rings. The first-order chi connectivity index (χ1) is 21.0. The molecule has 0 aliphatic carbocycles. The average Bonchev–Trinajstić information content (AvgIpc) is 3.01. The van der Waals surface area contributed by atoms with Crippen LogP contribution in [-0.2, 0) is 14.2 Å². The van der Waals surface area contributed by atoms with E-state index in [4.69, 9.17) is 28.1 Å². The fraction of sp³-hybridized carbons (Fsp3) is 0.464. The molecular weight excluding hydrogens is 592 g/mol. The standard InChI is InChI=1S/C28H32O16/c1-39-26-13(30)6-14-17(21(26)34)18(31)12(8-40-14)10-2-4-11(5-3-10)42-28-25(38)23(36)20(33)16(44-28)9-41-27-24(37)22(35)19(32)15(7-29)43-27/h2-6,8,15-16,19-20,22-25,27-30,32-38H,7,9H2,1H3/t15-,16-,19-,20-,22+,23+,24-,25-,27-,28-/m0/s1. The van der Waals surface area contributed by atoms with Gasteiger partial charge >= 0.3 is 0 Å². The number of aliphatic hydroxyl groups is 7. The summed E-state index contributed by atoms with van der Waals surface area (Å²) in [5, 5.41) is 90.9. The smallest absolute Gasteiger partial charge is 0.229 e. The van der Waals surface area contributed by atoms with Crippen LogP contribution >= 0.6 is 0 Å². The van der Waals surface area contributed by atoms with Crippen molar-refractivity contribution >= 4 is 11.0 Å². The Morgan fingerprint density at radius 2 is 1.43 bits per heavy atom. The van der Waals surface area contributed by atoms with E-state index < -0.39 is 91.6 Å². The molecule has 2 aromatic carbocycles. The summed E-state index contributed by atoms with van der Waals surface area (Å²) in [6, 6.07) is 6.93. The maximum atomic E-state index is 13.2. The Morgan fingerprint density at radius 3 is 2.07 bits per heavy atom. The third kappa shape index (κ3) is 5.80. The van der Waals surface area contributed by atoms with Gasteiger partial charge in [-0.2, -0.15) is 0 Å². The number of phenols is 2. The lowest BCUT2D eigenvalue weighted by Gasteiger charge is -2.42. The van der Waals surface area contributed by atoms with Gasteiger partial charge in [-0.15, -0.1) is 0 Å². The minimum absolute atomic E-state index is 0.0602. The molecule has 44 heavy (non-hydrogen) atoms. The molecule has 1 aromatic heterocycles. The zero-order chi connectivity index (χ0) is 31.9. The van der Waals surface area contributed by atoms with Crippen molar-refractivity contribution in [3.8, 4) is 34.1 Å². The molecule has 0 amide bonds. The maximum absolute atomic E-state index is 13.2. The molecule has 2 aliphatic heterocycles. The third-order valence-corrected chi connectivity index (χ3v) is 7.54. The highest BCUT2D eigenvalue weighted by atomic mass is 16.7. The van der Waals surface area contributed by atoms with E-state index in [9.17, 15) is 50.8 Å². The minimum Gasteiger partial charge on any atom is -0.504 e. The van der Waals surface area contributed by atoms with Crippen LogP contribution < -0.4 is 14.9 Å². The van der Waals surface area contributed by atoms with E-state index in [1.165, 1.54) is 31.4 Å². The number of aromatic hydroxyl groups is 2. The average molecular weight is 625 g/mol. The van der Waals surface area contributed by atoms with E-state index in [0.717, 1.165) is 12.3 Å². The lowest BCUT2D eigenvalue weighted by atomic mass is 9.98. The molecule has 0 bridgehead atoms. The highest BCUT2D eigenvalue weighted by Crippen LogP contribution is 2.41. The molecule has 9 N–H and O–H groups in total. The molecule has 5 rings (SSSR count). The van der Waals surface area contributed by atoms with Crippen LogP contribution in [0.25, 0.3) is 22.1 Å². The summed E-state index contributed by atoms with van der Waals surface area (Å²) in [6.45, 7) is -1.21. The fourth-order valence-electron chi connectivity index (χ4n) is 5.03. The van der Waals surface area contributed by atoms with Gasteiger partial charge in [-0.25, -0.2) is 0 Å². The monoisotopic (exact) mass is 624 g/mol. The number of fused-ring (bicyclic) bond motifs is 1. The van der Waals surface area contributed by atoms with Crippen LogP contribution in [0.2, 0.25) is 0 Å². The zero-order valence-corrected chi connectivity index (χ0v) is 23.0. The summed E-state index contributed by atoms with van der Waals surface area (Å²) in [5.41, 5.74) is -0.263. The molecule has 0 unspecified atom stereocenters. The fourth-order valence-corrected chi connectivity index (χ4v) is 5.03. The van der Waals surface area contributed by atoms with E-state index in [2.05, 4.69) is 0 Å². The SMILES string of the molecule is COc1c(O)cc2occ(-c3ccc(O[C@H]4O[C@@H](CO[C@H]5O[C@@H](CO)[C@H](O)[C@@H](O)[C@@H]5O)[C@H](O)[C@@H](O)[C@@H]4O)cc3)c(=O)c2c1O. The van der Waals surface area contributed by atoms with Gasteiger partial charge in [0.15, 0.2) is 17.8 Å². The van der Waals surface area contributed by atoms with Crippen molar-refractivity contribution in [1.82, 2.24) is 0 Å². The van der Waals surface area contributed by atoms with E-state index in [1.807, 2.05) is 0 Å². The van der Waals surface area contributed by atoms with E-state index in [-0.39, 0.29) is 28.0 Å². The molecule has 0 saturated carbocycles. The Morgan fingerprint density at radius 1 is 0.818 bits per heavy atom. The van der Waals surface area contributed by atoms with Gasteiger partial charge in [0.1, 0.15) is 71.8 Å². The van der Waals surface area contributed by atoms with Gasteiger partial charge in [-0.3, -0.25) is 4.79 Å². The van der Waals surface area contributed by atoms with Crippen LogP contribution in [0.15, 0.2) is 45.8 Å². The van der Waals surface area contributed by atoms with Crippen molar-refractivity contribution in [2.24, 2.45) is 0 Å².